The first kappa shape index (κ1) is 25.0. The lowest BCUT2D eigenvalue weighted by Crippen LogP contribution is -2.25. The van der Waals surface area contributed by atoms with Crippen molar-refractivity contribution in [1.29, 1.82) is 0 Å². The van der Waals surface area contributed by atoms with Gasteiger partial charge in [-0.25, -0.2) is 9.67 Å². The van der Waals surface area contributed by atoms with Crippen molar-refractivity contribution < 1.29 is 32.5 Å². The van der Waals surface area contributed by atoms with Crippen LogP contribution in [0.25, 0.3) is 11.3 Å². The molecule has 0 bridgehead atoms. The van der Waals surface area contributed by atoms with Crippen LogP contribution in [0.4, 0.5) is 24.7 Å². The van der Waals surface area contributed by atoms with Gasteiger partial charge >= 0.3 is 6.36 Å². The van der Waals surface area contributed by atoms with Crippen molar-refractivity contribution in [2.75, 3.05) is 29.9 Å². The van der Waals surface area contributed by atoms with Crippen molar-refractivity contribution in [2.45, 2.75) is 44.4 Å². The third-order valence-corrected chi connectivity index (χ3v) is 6.31. The van der Waals surface area contributed by atoms with Gasteiger partial charge in [-0.15, -0.1) is 13.2 Å². The Morgan fingerprint density at radius 1 is 1.16 bits per heavy atom. The third kappa shape index (κ3) is 5.86. The normalized spacial score (nSPS) is 20.2. The molecular formula is C25H26F3N5O4. The van der Waals surface area contributed by atoms with Crippen LogP contribution in [-0.4, -0.2) is 57.9 Å². The lowest BCUT2D eigenvalue weighted by molar-refractivity contribution is -0.274. The highest BCUT2D eigenvalue weighted by Crippen LogP contribution is 2.35. The first-order valence-electron chi connectivity index (χ1n) is 12.0. The van der Waals surface area contributed by atoms with Crippen LogP contribution in [-0.2, 0) is 4.74 Å². The number of aliphatic hydroxyl groups is 1. The Morgan fingerprint density at radius 3 is 2.65 bits per heavy atom. The Bertz CT molecular complexity index is 1240. The molecule has 2 atom stereocenters. The number of anilines is 2. The predicted octanol–water partition coefficient (Wildman–Crippen LogP) is 4.37. The zero-order valence-electron chi connectivity index (χ0n) is 19.8. The van der Waals surface area contributed by atoms with Crippen molar-refractivity contribution in [3.05, 3.63) is 54.4 Å². The number of hydrogen-bond acceptors (Lipinski definition) is 7. The number of amides is 1. The molecule has 0 radical (unpaired) electrons. The second kappa shape index (κ2) is 10.4. The number of rotatable bonds is 6. The standard InChI is InChI=1S/C25H26F3N5O4/c26-25(27,28)37-19-6-4-17(5-7-19)31-24(35)16-13-20(23(29-14-16)32-11-9-18(34)15-32)21-8-10-30-33(21)22-3-1-2-12-36-22/h4-8,10,13-14,18,22,34H,1-3,9,11-12,15H2,(H,31,35). The van der Waals surface area contributed by atoms with Crippen molar-refractivity contribution in [3.8, 4) is 17.0 Å². The van der Waals surface area contributed by atoms with E-state index in [1.807, 2.05) is 11.0 Å². The fourth-order valence-electron chi connectivity index (χ4n) is 4.57. The van der Waals surface area contributed by atoms with Crippen LogP contribution in [0.15, 0.2) is 48.8 Å². The molecule has 1 aromatic carbocycles. The molecule has 2 unspecified atom stereocenters. The van der Waals surface area contributed by atoms with Crippen LogP contribution in [0.3, 0.4) is 0 Å². The smallest absolute Gasteiger partial charge is 0.406 e. The van der Waals surface area contributed by atoms with Gasteiger partial charge in [0.2, 0.25) is 0 Å². The van der Waals surface area contributed by atoms with Crippen LogP contribution in [0, 0.1) is 0 Å². The highest BCUT2D eigenvalue weighted by atomic mass is 19.4. The fraction of sp³-hybridized carbons (Fsp3) is 0.400. The fourth-order valence-corrected chi connectivity index (χ4v) is 4.57. The molecule has 0 saturated carbocycles. The van der Waals surface area contributed by atoms with Gasteiger partial charge in [-0.2, -0.15) is 5.10 Å². The first-order chi connectivity index (χ1) is 17.8. The zero-order chi connectivity index (χ0) is 26.0. The van der Waals surface area contributed by atoms with E-state index in [-0.39, 0.29) is 17.5 Å². The number of hydrogen-bond donors (Lipinski definition) is 2. The van der Waals surface area contributed by atoms with Gasteiger partial charge in [0, 0.05) is 43.3 Å². The summed E-state index contributed by atoms with van der Waals surface area (Å²) in [5.41, 5.74) is 1.96. The molecule has 2 N–H and O–H groups in total. The average Bonchev–Trinajstić information content (AvgIpc) is 3.54. The summed E-state index contributed by atoms with van der Waals surface area (Å²) in [5, 5.41) is 17.2. The minimum absolute atomic E-state index is 0.231. The third-order valence-electron chi connectivity index (χ3n) is 6.31. The molecule has 5 rings (SSSR count). The number of carbonyl (C=O) groups excluding carboxylic acids is 1. The minimum atomic E-state index is -4.80. The Morgan fingerprint density at radius 2 is 1.97 bits per heavy atom. The lowest BCUT2D eigenvalue weighted by Gasteiger charge is -2.26. The largest absolute Gasteiger partial charge is 0.573 e. The van der Waals surface area contributed by atoms with E-state index in [1.54, 1.807) is 16.9 Å². The number of nitrogens with zero attached hydrogens (tertiary/aromatic N) is 4. The Labute approximate surface area is 210 Å². The topological polar surface area (TPSA) is 102 Å². The van der Waals surface area contributed by atoms with Gasteiger partial charge in [0.05, 0.1) is 17.4 Å². The van der Waals surface area contributed by atoms with E-state index in [2.05, 4.69) is 20.1 Å². The molecule has 2 aliphatic rings. The molecule has 9 nitrogen and oxygen atoms in total. The number of β-amino-alcohol motifs (C(OH)–C–C–N with tert-alkyl or cyclic N) is 1. The van der Waals surface area contributed by atoms with E-state index >= 15 is 0 Å². The predicted molar refractivity (Wildman–Crippen MR) is 128 cm³/mol. The van der Waals surface area contributed by atoms with Gasteiger partial charge in [-0.1, -0.05) is 0 Å². The number of aliphatic hydroxyl groups excluding tert-OH is 1. The van der Waals surface area contributed by atoms with Gasteiger partial charge in [0.25, 0.3) is 5.91 Å². The lowest BCUT2D eigenvalue weighted by atomic mass is 10.1. The van der Waals surface area contributed by atoms with E-state index in [1.165, 1.54) is 18.3 Å². The molecule has 2 fully saturated rings. The molecule has 0 spiro atoms. The molecule has 2 saturated heterocycles. The number of nitrogens with one attached hydrogen (secondary N) is 1. The monoisotopic (exact) mass is 517 g/mol. The number of benzene rings is 1. The Hall–Kier alpha value is -3.64. The highest BCUT2D eigenvalue weighted by molar-refractivity contribution is 6.05. The number of alkyl halides is 3. The van der Waals surface area contributed by atoms with Gasteiger partial charge in [-0.3, -0.25) is 4.79 Å². The molecule has 4 heterocycles. The van der Waals surface area contributed by atoms with Crippen molar-refractivity contribution in [1.82, 2.24) is 14.8 Å². The summed E-state index contributed by atoms with van der Waals surface area (Å²) < 4.78 is 48.8. The summed E-state index contributed by atoms with van der Waals surface area (Å²) in [6.07, 6.45) is 1.06. The minimum Gasteiger partial charge on any atom is -0.406 e. The van der Waals surface area contributed by atoms with Crippen LogP contribution in [0.2, 0.25) is 0 Å². The summed E-state index contributed by atoms with van der Waals surface area (Å²) >= 11 is 0. The second-order valence-electron chi connectivity index (χ2n) is 8.99. The van der Waals surface area contributed by atoms with Crippen LogP contribution < -0.4 is 15.0 Å². The quantitative estimate of drug-likeness (QED) is 0.501. The maximum absolute atomic E-state index is 13.1. The molecule has 3 aromatic rings. The molecule has 2 aliphatic heterocycles. The zero-order valence-corrected chi connectivity index (χ0v) is 19.8. The molecule has 2 aromatic heterocycles. The average molecular weight is 518 g/mol. The highest BCUT2D eigenvalue weighted by Gasteiger charge is 2.31. The number of carbonyl (C=O) groups is 1. The number of aromatic nitrogens is 3. The maximum atomic E-state index is 13.1. The van der Waals surface area contributed by atoms with Gasteiger partial charge in [0.1, 0.15) is 11.6 Å². The summed E-state index contributed by atoms with van der Waals surface area (Å²) in [6.45, 7) is 1.68. The first-order valence-corrected chi connectivity index (χ1v) is 12.0. The number of halogens is 3. The molecule has 0 aliphatic carbocycles. The van der Waals surface area contributed by atoms with Crippen LogP contribution in [0.1, 0.15) is 42.3 Å². The Kier molecular flexibility index (Phi) is 7.02. The van der Waals surface area contributed by atoms with Gasteiger partial charge in [-0.05, 0) is 62.1 Å². The van der Waals surface area contributed by atoms with Gasteiger partial charge in [0.15, 0.2) is 6.23 Å². The van der Waals surface area contributed by atoms with Crippen LogP contribution >= 0.6 is 0 Å². The number of pyridine rings is 1. The molecule has 1 amide bonds. The number of ether oxygens (including phenoxy) is 2. The molecular weight excluding hydrogens is 491 g/mol. The van der Waals surface area contributed by atoms with E-state index in [9.17, 15) is 23.1 Å². The van der Waals surface area contributed by atoms with E-state index in [0.717, 1.165) is 37.1 Å². The molecule has 196 valence electrons. The van der Waals surface area contributed by atoms with E-state index in [0.29, 0.717) is 43.2 Å². The van der Waals surface area contributed by atoms with E-state index in [4.69, 9.17) is 4.74 Å². The van der Waals surface area contributed by atoms with Crippen molar-refractivity contribution in [2.24, 2.45) is 0 Å². The molecule has 37 heavy (non-hydrogen) atoms. The summed E-state index contributed by atoms with van der Waals surface area (Å²) in [7, 11) is 0. The summed E-state index contributed by atoms with van der Waals surface area (Å²) in [4.78, 5) is 19.6. The van der Waals surface area contributed by atoms with Crippen molar-refractivity contribution >= 4 is 17.4 Å². The Balaban J connectivity index is 1.43. The van der Waals surface area contributed by atoms with Crippen molar-refractivity contribution in [3.63, 3.8) is 0 Å². The van der Waals surface area contributed by atoms with E-state index < -0.39 is 18.4 Å². The SMILES string of the molecule is O=C(Nc1ccc(OC(F)(F)F)cc1)c1cnc(N2CCC(O)C2)c(-c2ccnn2C2CCCCO2)c1. The summed E-state index contributed by atoms with van der Waals surface area (Å²) in [5.74, 6) is -0.240. The molecule has 12 heteroatoms. The second-order valence-corrected chi connectivity index (χ2v) is 8.99. The maximum Gasteiger partial charge on any atom is 0.573 e. The van der Waals surface area contributed by atoms with Crippen LogP contribution in [0.5, 0.6) is 5.75 Å². The summed E-state index contributed by atoms with van der Waals surface area (Å²) in [6, 6.07) is 8.44. The van der Waals surface area contributed by atoms with Gasteiger partial charge < -0.3 is 24.8 Å².